The number of benzene rings is 14. The zero-order valence-electron chi connectivity index (χ0n) is 34.9. The quantitative estimate of drug-likeness (QED) is 0.155. The van der Waals surface area contributed by atoms with Crippen molar-refractivity contribution in [3.05, 3.63) is 231 Å². The third-order valence-electron chi connectivity index (χ3n) is 14.1. The molecule has 0 heterocycles. The lowest BCUT2D eigenvalue weighted by molar-refractivity contribution is 1.67. The monoisotopic (exact) mass is 806 g/mol. The Balaban J connectivity index is 0.967. The molecule has 0 spiro atoms. The molecule has 0 amide bonds. The molecule has 0 unspecified atom stereocenters. The van der Waals surface area contributed by atoms with E-state index in [1.165, 1.54) is 141 Å². The molecular weight excluding hydrogens is 769 g/mol. The molecule has 294 valence electrons. The number of rotatable bonds is 4. The fraction of sp³-hybridized carbons (Fsp3) is 0. The highest BCUT2D eigenvalue weighted by molar-refractivity contribution is 6.28. The summed E-state index contributed by atoms with van der Waals surface area (Å²) in [5, 5.41) is 22.9. The van der Waals surface area contributed by atoms with E-state index in [0.717, 1.165) is 0 Å². The van der Waals surface area contributed by atoms with Gasteiger partial charge in [0.15, 0.2) is 0 Å². The van der Waals surface area contributed by atoms with Gasteiger partial charge in [-0.05, 0) is 178 Å². The second-order valence-electron chi connectivity index (χ2n) is 17.6. The van der Waals surface area contributed by atoms with Gasteiger partial charge in [-0.1, -0.05) is 194 Å². The maximum atomic E-state index is 2.44. The van der Waals surface area contributed by atoms with Crippen molar-refractivity contribution in [1.82, 2.24) is 0 Å². The maximum absolute atomic E-state index is 2.44. The van der Waals surface area contributed by atoms with Gasteiger partial charge < -0.3 is 0 Å². The van der Waals surface area contributed by atoms with Gasteiger partial charge in [-0.25, -0.2) is 0 Å². The largest absolute Gasteiger partial charge is 0.0616 e. The van der Waals surface area contributed by atoms with E-state index in [1.54, 1.807) is 0 Å². The molecule has 14 aromatic carbocycles. The van der Waals surface area contributed by atoms with Crippen molar-refractivity contribution in [3.63, 3.8) is 0 Å². The predicted octanol–water partition coefficient (Wildman–Crippen LogP) is 18.2. The lowest BCUT2D eigenvalue weighted by atomic mass is 9.85. The Morgan fingerprint density at radius 2 is 0.500 bits per heavy atom. The van der Waals surface area contributed by atoms with Crippen LogP contribution >= 0.6 is 0 Å². The van der Waals surface area contributed by atoms with Gasteiger partial charge in [-0.3, -0.25) is 0 Å². The highest BCUT2D eigenvalue weighted by atomic mass is 14.2. The van der Waals surface area contributed by atoms with Crippen LogP contribution in [0.25, 0.3) is 141 Å². The van der Waals surface area contributed by atoms with E-state index >= 15 is 0 Å². The standard InChI is InChI=1S/C64H38/c1-3-11-43-33-47(19-17-39(43)9-1)59-35-45-13-5-7-15-51(45)55-29-25-49(37-61(55)59)53-27-21-41-24-32-58-54(28-22-42-23-31-57(53)63(41)64(42)58)50-26-30-56-52-16-8-6-14-46(52)36-60(62(56)38-50)48-20-18-40-10-2-4-12-44(40)34-48/h1-38H. The van der Waals surface area contributed by atoms with E-state index in [0.29, 0.717) is 0 Å². The van der Waals surface area contributed by atoms with Gasteiger partial charge in [-0.15, -0.1) is 0 Å². The number of fused-ring (bicyclic) bond motifs is 8. The Kier molecular flexibility index (Phi) is 7.49. The molecule has 64 heavy (non-hydrogen) atoms. The van der Waals surface area contributed by atoms with Crippen LogP contribution in [-0.4, -0.2) is 0 Å². The van der Waals surface area contributed by atoms with Crippen LogP contribution in [-0.2, 0) is 0 Å². The van der Waals surface area contributed by atoms with Gasteiger partial charge >= 0.3 is 0 Å². The smallest absolute Gasteiger partial charge is 0.00203 e. The molecule has 0 fully saturated rings. The third kappa shape index (κ3) is 5.30. The Morgan fingerprint density at radius 1 is 0.156 bits per heavy atom. The zero-order valence-corrected chi connectivity index (χ0v) is 34.9. The Hall–Kier alpha value is -8.32. The summed E-state index contributed by atoms with van der Waals surface area (Å²) in [5.74, 6) is 0. The lowest BCUT2D eigenvalue weighted by Gasteiger charge is -2.18. The molecule has 0 atom stereocenters. The fourth-order valence-corrected chi connectivity index (χ4v) is 11.0. The SMILES string of the molecule is c1ccc2cc(-c3cc4ccccc4c4ccc(-c5ccc6ccc7c(-c8ccc9c(c8)c(-c8ccc%10ccccc%10c8)cc8ccccc89)ccc8ccc5c6c87)cc34)ccc2c1. The van der Waals surface area contributed by atoms with E-state index in [1.807, 2.05) is 0 Å². The first-order valence-electron chi connectivity index (χ1n) is 22.3. The summed E-state index contributed by atoms with van der Waals surface area (Å²) in [5.41, 5.74) is 9.96. The van der Waals surface area contributed by atoms with Crippen molar-refractivity contribution < 1.29 is 0 Å². The van der Waals surface area contributed by atoms with Crippen LogP contribution < -0.4 is 0 Å². The van der Waals surface area contributed by atoms with Crippen LogP contribution in [0.15, 0.2) is 231 Å². The van der Waals surface area contributed by atoms with Crippen LogP contribution in [0.1, 0.15) is 0 Å². The summed E-state index contributed by atoms with van der Waals surface area (Å²) in [7, 11) is 0. The fourth-order valence-electron chi connectivity index (χ4n) is 11.0. The molecule has 14 rings (SSSR count). The minimum absolute atomic E-state index is 1.23. The van der Waals surface area contributed by atoms with Gasteiger partial charge in [-0.2, -0.15) is 0 Å². The summed E-state index contributed by atoms with van der Waals surface area (Å²) >= 11 is 0. The Bertz CT molecular complexity index is 3970. The minimum Gasteiger partial charge on any atom is -0.0616 e. The van der Waals surface area contributed by atoms with Gasteiger partial charge in [0.1, 0.15) is 0 Å². The zero-order chi connectivity index (χ0) is 41.9. The highest BCUT2D eigenvalue weighted by Gasteiger charge is 2.18. The first-order chi connectivity index (χ1) is 31.7. The summed E-state index contributed by atoms with van der Waals surface area (Å²) in [6.45, 7) is 0. The van der Waals surface area contributed by atoms with Gasteiger partial charge in [0, 0.05) is 0 Å². The molecular formula is C64H38. The molecule has 0 N–H and O–H groups in total. The minimum atomic E-state index is 1.23. The molecule has 0 saturated heterocycles. The first kappa shape index (κ1) is 35.3. The molecule has 0 nitrogen and oxygen atoms in total. The van der Waals surface area contributed by atoms with Crippen molar-refractivity contribution in [3.8, 4) is 44.5 Å². The predicted molar refractivity (Wildman–Crippen MR) is 277 cm³/mol. The van der Waals surface area contributed by atoms with E-state index < -0.39 is 0 Å². The maximum Gasteiger partial charge on any atom is -0.00203 e. The third-order valence-corrected chi connectivity index (χ3v) is 14.1. The van der Waals surface area contributed by atoms with Crippen LogP contribution in [0.5, 0.6) is 0 Å². The molecule has 14 aromatic rings. The average molecular weight is 807 g/mol. The molecule has 0 aliphatic carbocycles. The van der Waals surface area contributed by atoms with E-state index in [-0.39, 0.29) is 0 Å². The van der Waals surface area contributed by atoms with Crippen molar-refractivity contribution in [2.24, 2.45) is 0 Å². The highest BCUT2D eigenvalue weighted by Crippen LogP contribution is 2.46. The average Bonchev–Trinajstić information content (AvgIpc) is 3.36. The molecule has 0 aromatic heterocycles. The summed E-state index contributed by atoms with van der Waals surface area (Å²) in [6.07, 6.45) is 0. The molecule has 0 saturated carbocycles. The normalized spacial score (nSPS) is 12.1. The lowest BCUT2D eigenvalue weighted by Crippen LogP contribution is -1.91. The summed E-state index contributed by atoms with van der Waals surface area (Å²) in [6, 6.07) is 86.4. The van der Waals surface area contributed by atoms with Crippen LogP contribution in [0, 0.1) is 0 Å². The number of hydrogen-bond donors (Lipinski definition) is 0. The van der Waals surface area contributed by atoms with E-state index in [4.69, 9.17) is 0 Å². The van der Waals surface area contributed by atoms with Crippen molar-refractivity contribution in [1.29, 1.82) is 0 Å². The second-order valence-corrected chi connectivity index (χ2v) is 17.6. The van der Waals surface area contributed by atoms with Crippen LogP contribution in [0.2, 0.25) is 0 Å². The molecule has 0 aliphatic heterocycles. The second kappa shape index (κ2) is 13.6. The molecule has 0 heteroatoms. The van der Waals surface area contributed by atoms with Crippen molar-refractivity contribution in [2.75, 3.05) is 0 Å². The molecule has 0 aliphatic rings. The van der Waals surface area contributed by atoms with Gasteiger partial charge in [0.05, 0.1) is 0 Å². The van der Waals surface area contributed by atoms with Gasteiger partial charge in [0.25, 0.3) is 0 Å². The molecule has 0 bridgehead atoms. The van der Waals surface area contributed by atoms with Crippen molar-refractivity contribution in [2.45, 2.75) is 0 Å². The Labute approximate surface area is 370 Å². The summed E-state index contributed by atoms with van der Waals surface area (Å²) < 4.78 is 0. The van der Waals surface area contributed by atoms with Crippen LogP contribution in [0.3, 0.4) is 0 Å². The van der Waals surface area contributed by atoms with Crippen LogP contribution in [0.4, 0.5) is 0 Å². The van der Waals surface area contributed by atoms with Crippen molar-refractivity contribution >= 4 is 97.0 Å². The topological polar surface area (TPSA) is 0 Å². The first-order valence-corrected chi connectivity index (χ1v) is 22.3. The van der Waals surface area contributed by atoms with Gasteiger partial charge in [0.2, 0.25) is 0 Å². The summed E-state index contributed by atoms with van der Waals surface area (Å²) in [4.78, 5) is 0. The van der Waals surface area contributed by atoms with E-state index in [2.05, 4.69) is 231 Å². The number of hydrogen-bond acceptors (Lipinski definition) is 0. The molecule has 0 radical (unpaired) electrons. The Morgan fingerprint density at radius 3 is 0.969 bits per heavy atom. The van der Waals surface area contributed by atoms with E-state index in [9.17, 15) is 0 Å².